The number of halogens is 2. The van der Waals surface area contributed by atoms with Gasteiger partial charge in [0.1, 0.15) is 0 Å². The topological polar surface area (TPSA) is 85.1 Å². The SMILES string of the molecule is CC(=O)Nc1ccc(-c2nnc(SCC(=O)c3ccc(Cl)cc3Cl)o2)cc1. The van der Waals surface area contributed by atoms with Crippen LogP contribution in [-0.2, 0) is 4.79 Å². The van der Waals surface area contributed by atoms with Crippen LogP contribution >= 0.6 is 35.0 Å². The summed E-state index contributed by atoms with van der Waals surface area (Å²) in [4.78, 5) is 23.3. The second kappa shape index (κ2) is 8.56. The Bertz CT molecular complexity index is 990. The number of anilines is 1. The summed E-state index contributed by atoms with van der Waals surface area (Å²) in [5.41, 5.74) is 1.77. The fraction of sp³-hybridized carbons (Fsp3) is 0.111. The number of hydrogen-bond donors (Lipinski definition) is 1. The van der Waals surface area contributed by atoms with Gasteiger partial charge in [0.2, 0.25) is 11.8 Å². The smallest absolute Gasteiger partial charge is 0.277 e. The highest BCUT2D eigenvalue weighted by Gasteiger charge is 2.15. The molecule has 6 nitrogen and oxygen atoms in total. The third kappa shape index (κ3) is 5.09. The molecule has 1 heterocycles. The minimum absolute atomic E-state index is 0.102. The van der Waals surface area contributed by atoms with Crippen LogP contribution in [0.2, 0.25) is 10.0 Å². The Labute approximate surface area is 169 Å². The van der Waals surface area contributed by atoms with Crippen LogP contribution in [0, 0.1) is 0 Å². The van der Waals surface area contributed by atoms with E-state index in [2.05, 4.69) is 15.5 Å². The van der Waals surface area contributed by atoms with Gasteiger partial charge in [-0.15, -0.1) is 10.2 Å². The van der Waals surface area contributed by atoms with E-state index < -0.39 is 0 Å². The average Bonchev–Trinajstić information content (AvgIpc) is 3.09. The van der Waals surface area contributed by atoms with E-state index in [-0.39, 0.29) is 22.7 Å². The maximum atomic E-state index is 12.3. The van der Waals surface area contributed by atoms with Gasteiger partial charge < -0.3 is 9.73 Å². The van der Waals surface area contributed by atoms with Gasteiger partial charge in [-0.3, -0.25) is 9.59 Å². The van der Waals surface area contributed by atoms with Gasteiger partial charge in [-0.25, -0.2) is 0 Å². The van der Waals surface area contributed by atoms with Crippen molar-refractivity contribution in [1.82, 2.24) is 10.2 Å². The molecule has 0 saturated carbocycles. The van der Waals surface area contributed by atoms with Crippen LogP contribution in [-0.4, -0.2) is 27.6 Å². The number of thioether (sulfide) groups is 1. The van der Waals surface area contributed by atoms with Crippen molar-refractivity contribution in [2.75, 3.05) is 11.1 Å². The van der Waals surface area contributed by atoms with Crippen molar-refractivity contribution in [3.63, 3.8) is 0 Å². The Kier molecular flexibility index (Phi) is 6.15. The predicted molar refractivity (Wildman–Crippen MR) is 106 cm³/mol. The number of nitrogens with one attached hydrogen (secondary N) is 1. The van der Waals surface area contributed by atoms with E-state index in [0.29, 0.717) is 32.8 Å². The molecule has 1 aromatic heterocycles. The first-order chi connectivity index (χ1) is 12.9. The van der Waals surface area contributed by atoms with E-state index in [1.807, 2.05) is 0 Å². The largest absolute Gasteiger partial charge is 0.411 e. The number of ketones is 1. The number of carbonyl (C=O) groups excluding carboxylic acids is 2. The summed E-state index contributed by atoms with van der Waals surface area (Å²) in [6.45, 7) is 1.44. The molecule has 0 fully saturated rings. The lowest BCUT2D eigenvalue weighted by Crippen LogP contribution is -2.05. The van der Waals surface area contributed by atoms with Crippen molar-refractivity contribution in [3.05, 3.63) is 58.1 Å². The number of hydrogen-bond acceptors (Lipinski definition) is 6. The minimum atomic E-state index is -0.166. The van der Waals surface area contributed by atoms with Crippen molar-refractivity contribution < 1.29 is 14.0 Å². The Hall–Kier alpha value is -2.35. The van der Waals surface area contributed by atoms with E-state index in [1.54, 1.807) is 36.4 Å². The van der Waals surface area contributed by atoms with E-state index >= 15 is 0 Å². The van der Waals surface area contributed by atoms with E-state index in [4.69, 9.17) is 27.6 Å². The van der Waals surface area contributed by atoms with Crippen molar-refractivity contribution in [3.8, 4) is 11.5 Å². The molecular formula is C18H13Cl2N3O3S. The van der Waals surface area contributed by atoms with Gasteiger partial charge in [0.25, 0.3) is 5.22 Å². The quantitative estimate of drug-likeness (QED) is 0.446. The Morgan fingerprint density at radius 3 is 2.52 bits per heavy atom. The number of aromatic nitrogens is 2. The maximum absolute atomic E-state index is 12.3. The molecule has 2 aromatic carbocycles. The minimum Gasteiger partial charge on any atom is -0.411 e. The van der Waals surface area contributed by atoms with Crippen molar-refractivity contribution in [1.29, 1.82) is 0 Å². The number of benzene rings is 2. The van der Waals surface area contributed by atoms with Crippen LogP contribution in [0.1, 0.15) is 17.3 Å². The second-order valence-corrected chi connectivity index (χ2v) is 7.24. The standard InChI is InChI=1S/C18H13Cl2N3O3S/c1-10(24)21-13-5-2-11(3-6-13)17-22-23-18(26-17)27-9-16(25)14-7-4-12(19)8-15(14)20/h2-8H,9H2,1H3,(H,21,24). The normalized spacial score (nSPS) is 10.6. The second-order valence-electron chi connectivity index (χ2n) is 5.47. The Balaban J connectivity index is 1.64. The van der Waals surface area contributed by atoms with E-state index in [1.165, 1.54) is 13.0 Å². The molecule has 3 rings (SSSR count). The molecule has 3 aromatic rings. The van der Waals surface area contributed by atoms with Gasteiger partial charge in [-0.1, -0.05) is 35.0 Å². The molecule has 27 heavy (non-hydrogen) atoms. The molecule has 0 radical (unpaired) electrons. The Morgan fingerprint density at radius 2 is 1.85 bits per heavy atom. The van der Waals surface area contributed by atoms with Crippen LogP contribution in [0.4, 0.5) is 5.69 Å². The highest BCUT2D eigenvalue weighted by molar-refractivity contribution is 7.99. The van der Waals surface area contributed by atoms with E-state index in [0.717, 1.165) is 11.8 Å². The van der Waals surface area contributed by atoms with Gasteiger partial charge in [0, 0.05) is 28.8 Å². The summed E-state index contributed by atoms with van der Waals surface area (Å²) >= 11 is 13.0. The lowest BCUT2D eigenvalue weighted by Gasteiger charge is -2.02. The third-order valence-corrected chi connectivity index (χ3v) is 4.78. The molecule has 0 spiro atoms. The summed E-state index contributed by atoms with van der Waals surface area (Å²) < 4.78 is 5.57. The Morgan fingerprint density at radius 1 is 1.11 bits per heavy atom. The summed E-state index contributed by atoms with van der Waals surface area (Å²) in [5.74, 6) is 0.111. The summed E-state index contributed by atoms with van der Waals surface area (Å²) in [7, 11) is 0. The molecule has 0 aliphatic carbocycles. The molecule has 0 saturated heterocycles. The van der Waals surface area contributed by atoms with Gasteiger partial charge in [-0.05, 0) is 42.5 Å². The first kappa shape index (κ1) is 19.4. The van der Waals surface area contributed by atoms with Crippen LogP contribution in [0.3, 0.4) is 0 Å². The van der Waals surface area contributed by atoms with E-state index in [9.17, 15) is 9.59 Å². The molecule has 1 N–H and O–H groups in total. The van der Waals surface area contributed by atoms with Gasteiger partial charge in [-0.2, -0.15) is 0 Å². The van der Waals surface area contributed by atoms with Crippen LogP contribution in [0.5, 0.6) is 0 Å². The van der Waals surface area contributed by atoms with Crippen LogP contribution in [0.15, 0.2) is 52.1 Å². The van der Waals surface area contributed by atoms with Crippen LogP contribution < -0.4 is 5.32 Å². The zero-order valence-electron chi connectivity index (χ0n) is 14.0. The number of Topliss-reactive ketones (excluding diaryl/α,β-unsaturated/α-hetero) is 1. The molecule has 0 aliphatic rings. The molecule has 0 aliphatic heterocycles. The average molecular weight is 422 g/mol. The zero-order valence-corrected chi connectivity index (χ0v) is 16.4. The zero-order chi connectivity index (χ0) is 19.4. The summed E-state index contributed by atoms with van der Waals surface area (Å²) in [6.07, 6.45) is 0. The van der Waals surface area contributed by atoms with Gasteiger partial charge in [0.15, 0.2) is 5.78 Å². The molecule has 1 amide bonds. The highest BCUT2D eigenvalue weighted by Crippen LogP contribution is 2.27. The molecule has 138 valence electrons. The first-order valence-corrected chi connectivity index (χ1v) is 9.49. The third-order valence-electron chi connectivity index (χ3n) is 3.42. The van der Waals surface area contributed by atoms with Crippen molar-refractivity contribution in [2.24, 2.45) is 0 Å². The van der Waals surface area contributed by atoms with Crippen LogP contribution in [0.25, 0.3) is 11.5 Å². The number of nitrogens with zero attached hydrogens (tertiary/aromatic N) is 2. The van der Waals surface area contributed by atoms with Crippen molar-refractivity contribution in [2.45, 2.75) is 12.1 Å². The van der Waals surface area contributed by atoms with Crippen molar-refractivity contribution >= 4 is 52.3 Å². The lowest BCUT2D eigenvalue weighted by molar-refractivity contribution is -0.114. The van der Waals surface area contributed by atoms with Gasteiger partial charge >= 0.3 is 0 Å². The maximum Gasteiger partial charge on any atom is 0.277 e. The summed E-state index contributed by atoms with van der Waals surface area (Å²) in [5, 5.41) is 11.6. The van der Waals surface area contributed by atoms with Gasteiger partial charge in [0.05, 0.1) is 10.8 Å². The molecule has 0 bridgehead atoms. The number of carbonyl (C=O) groups is 2. The monoisotopic (exact) mass is 421 g/mol. The number of amides is 1. The summed E-state index contributed by atoms with van der Waals surface area (Å²) in [6, 6.07) is 11.7. The number of rotatable bonds is 6. The molecule has 0 unspecified atom stereocenters. The fourth-order valence-electron chi connectivity index (χ4n) is 2.20. The predicted octanol–water partition coefficient (Wildman–Crippen LogP) is 4.98. The fourth-order valence-corrected chi connectivity index (χ4v) is 3.37. The first-order valence-electron chi connectivity index (χ1n) is 7.75. The highest BCUT2D eigenvalue weighted by atomic mass is 35.5. The molecule has 9 heteroatoms. The molecular weight excluding hydrogens is 409 g/mol. The lowest BCUT2D eigenvalue weighted by atomic mass is 10.1. The molecule has 0 atom stereocenters.